The molecular formula is C12H16FN3O2. The van der Waals surface area contributed by atoms with Gasteiger partial charge in [-0.3, -0.25) is 0 Å². The lowest BCUT2D eigenvalue weighted by atomic mass is 10.1. The maximum Gasteiger partial charge on any atom is 0.282 e. The van der Waals surface area contributed by atoms with Gasteiger partial charge < -0.3 is 15.2 Å². The minimum Gasteiger partial charge on any atom is -0.474 e. The molecule has 18 heavy (non-hydrogen) atoms. The molecule has 2 atom stereocenters. The first-order chi connectivity index (χ1) is 8.67. The third-order valence-electron chi connectivity index (χ3n) is 2.71. The number of hydrogen-bond acceptors (Lipinski definition) is 5. The van der Waals surface area contributed by atoms with Crippen LogP contribution in [0.1, 0.15) is 19.8 Å². The molecule has 0 bridgehead atoms. The molecule has 0 unspecified atom stereocenters. The second-order valence-electron chi connectivity index (χ2n) is 4.13. The zero-order valence-electron chi connectivity index (χ0n) is 10.2. The van der Waals surface area contributed by atoms with E-state index in [0.29, 0.717) is 18.9 Å². The first kappa shape index (κ1) is 12.6. The molecule has 0 saturated heterocycles. The fourth-order valence-electron chi connectivity index (χ4n) is 1.76. The van der Waals surface area contributed by atoms with Crippen molar-refractivity contribution in [2.45, 2.75) is 31.9 Å². The molecule has 0 aromatic carbocycles. The van der Waals surface area contributed by atoms with Crippen LogP contribution in [-0.2, 0) is 4.74 Å². The average molecular weight is 253 g/mol. The number of nitrogens with two attached hydrogens (primary N) is 1. The zero-order chi connectivity index (χ0) is 13.0. The second kappa shape index (κ2) is 5.66. The van der Waals surface area contributed by atoms with Crippen LogP contribution in [0.3, 0.4) is 0 Å². The SMILES string of the molecule is CC[C@@H](C[C@H]1COC(N)=N1)Oc1ccc(F)cn1. The van der Waals surface area contributed by atoms with Gasteiger partial charge in [-0.15, -0.1) is 0 Å². The smallest absolute Gasteiger partial charge is 0.282 e. The summed E-state index contributed by atoms with van der Waals surface area (Å²) in [5.74, 6) is 0.0380. The molecule has 0 aliphatic carbocycles. The molecule has 5 nitrogen and oxygen atoms in total. The van der Waals surface area contributed by atoms with Gasteiger partial charge >= 0.3 is 0 Å². The quantitative estimate of drug-likeness (QED) is 0.863. The highest BCUT2D eigenvalue weighted by Gasteiger charge is 2.22. The minimum atomic E-state index is -0.378. The van der Waals surface area contributed by atoms with Gasteiger partial charge in [-0.25, -0.2) is 14.4 Å². The molecule has 2 rings (SSSR count). The van der Waals surface area contributed by atoms with E-state index in [-0.39, 0.29) is 24.0 Å². The van der Waals surface area contributed by atoms with Gasteiger partial charge in [0.25, 0.3) is 6.02 Å². The highest BCUT2D eigenvalue weighted by molar-refractivity contribution is 5.73. The van der Waals surface area contributed by atoms with Gasteiger partial charge in [0.05, 0.1) is 12.2 Å². The summed E-state index contributed by atoms with van der Waals surface area (Å²) in [6.07, 6.45) is 2.61. The van der Waals surface area contributed by atoms with Crippen molar-refractivity contribution in [1.29, 1.82) is 0 Å². The zero-order valence-corrected chi connectivity index (χ0v) is 10.2. The van der Waals surface area contributed by atoms with Crippen molar-refractivity contribution in [2.75, 3.05) is 6.61 Å². The molecule has 98 valence electrons. The van der Waals surface area contributed by atoms with Crippen LogP contribution in [0.4, 0.5) is 4.39 Å². The van der Waals surface area contributed by atoms with E-state index in [9.17, 15) is 4.39 Å². The second-order valence-corrected chi connectivity index (χ2v) is 4.13. The Labute approximate surface area is 105 Å². The van der Waals surface area contributed by atoms with E-state index in [1.54, 1.807) is 0 Å². The van der Waals surface area contributed by atoms with E-state index in [0.717, 1.165) is 12.6 Å². The number of halogens is 1. The molecule has 0 amide bonds. The number of aromatic nitrogens is 1. The highest BCUT2D eigenvalue weighted by atomic mass is 19.1. The molecule has 0 fully saturated rings. The maximum atomic E-state index is 12.7. The van der Waals surface area contributed by atoms with E-state index in [4.69, 9.17) is 15.2 Å². The molecule has 1 aromatic rings. The topological polar surface area (TPSA) is 69.7 Å². The molecule has 1 aliphatic rings. The molecule has 2 heterocycles. The van der Waals surface area contributed by atoms with Gasteiger partial charge in [0.2, 0.25) is 5.88 Å². The Hall–Kier alpha value is -1.85. The summed E-state index contributed by atoms with van der Waals surface area (Å²) >= 11 is 0. The molecule has 0 radical (unpaired) electrons. The molecule has 1 aromatic heterocycles. The summed E-state index contributed by atoms with van der Waals surface area (Å²) in [5.41, 5.74) is 5.44. The van der Waals surface area contributed by atoms with Crippen LogP contribution >= 0.6 is 0 Å². The van der Waals surface area contributed by atoms with Gasteiger partial charge in [0.1, 0.15) is 18.5 Å². The Balaban J connectivity index is 1.91. The summed E-state index contributed by atoms with van der Waals surface area (Å²) in [5, 5.41) is 0. The number of ether oxygens (including phenoxy) is 2. The van der Waals surface area contributed by atoms with E-state index in [1.165, 1.54) is 12.1 Å². The van der Waals surface area contributed by atoms with Crippen LogP contribution in [0.15, 0.2) is 23.3 Å². The van der Waals surface area contributed by atoms with Crippen molar-refractivity contribution in [3.05, 3.63) is 24.1 Å². The molecular weight excluding hydrogens is 237 g/mol. The Bertz CT molecular complexity index is 422. The standard InChI is InChI=1S/C12H16FN3O2/c1-2-10(5-9-7-17-12(14)16-9)18-11-4-3-8(13)6-15-11/h3-4,6,9-10H,2,5,7H2,1H3,(H2,14,16)/t9-,10-/m0/s1. The lowest BCUT2D eigenvalue weighted by molar-refractivity contribution is 0.162. The van der Waals surface area contributed by atoms with Crippen molar-refractivity contribution in [1.82, 2.24) is 4.98 Å². The lowest BCUT2D eigenvalue weighted by Crippen LogP contribution is -2.23. The van der Waals surface area contributed by atoms with Gasteiger partial charge in [-0.2, -0.15) is 0 Å². The first-order valence-electron chi connectivity index (χ1n) is 5.91. The van der Waals surface area contributed by atoms with E-state index < -0.39 is 0 Å². The van der Waals surface area contributed by atoms with Crippen molar-refractivity contribution in [2.24, 2.45) is 10.7 Å². The summed E-state index contributed by atoms with van der Waals surface area (Å²) in [6.45, 7) is 2.50. The first-order valence-corrected chi connectivity index (χ1v) is 5.91. The van der Waals surface area contributed by atoms with E-state index in [2.05, 4.69) is 9.98 Å². The number of amidine groups is 1. The normalized spacial score (nSPS) is 20.1. The van der Waals surface area contributed by atoms with Crippen molar-refractivity contribution in [3.8, 4) is 5.88 Å². The Kier molecular flexibility index (Phi) is 3.96. The predicted octanol–water partition coefficient (Wildman–Crippen LogP) is 1.48. The third kappa shape index (κ3) is 3.32. The third-order valence-corrected chi connectivity index (χ3v) is 2.71. The van der Waals surface area contributed by atoms with Crippen LogP contribution < -0.4 is 10.5 Å². The Morgan fingerprint density at radius 1 is 1.61 bits per heavy atom. The Morgan fingerprint density at radius 3 is 3.00 bits per heavy atom. The van der Waals surface area contributed by atoms with Gasteiger partial charge in [-0.1, -0.05) is 6.92 Å². The van der Waals surface area contributed by atoms with E-state index >= 15 is 0 Å². The van der Waals surface area contributed by atoms with Crippen LogP contribution in [-0.4, -0.2) is 29.8 Å². The highest BCUT2D eigenvalue weighted by Crippen LogP contribution is 2.17. The number of nitrogens with zero attached hydrogens (tertiary/aromatic N) is 2. The van der Waals surface area contributed by atoms with Gasteiger partial charge in [-0.05, 0) is 12.5 Å². The number of aliphatic imine (C=N–C) groups is 1. The fourth-order valence-corrected chi connectivity index (χ4v) is 1.76. The number of hydrogen-bond donors (Lipinski definition) is 1. The van der Waals surface area contributed by atoms with Crippen LogP contribution in [0.5, 0.6) is 5.88 Å². The van der Waals surface area contributed by atoms with Crippen molar-refractivity contribution < 1.29 is 13.9 Å². The van der Waals surface area contributed by atoms with Gasteiger partial charge in [0, 0.05) is 12.5 Å². The lowest BCUT2D eigenvalue weighted by Gasteiger charge is -2.18. The van der Waals surface area contributed by atoms with Crippen molar-refractivity contribution >= 4 is 6.02 Å². The molecule has 0 saturated carbocycles. The minimum absolute atomic E-state index is 0.0235. The maximum absolute atomic E-state index is 12.7. The molecule has 6 heteroatoms. The van der Waals surface area contributed by atoms with Crippen LogP contribution in [0, 0.1) is 5.82 Å². The predicted molar refractivity (Wildman–Crippen MR) is 64.9 cm³/mol. The molecule has 1 aliphatic heterocycles. The summed E-state index contributed by atoms with van der Waals surface area (Å²) in [7, 11) is 0. The number of pyridine rings is 1. The van der Waals surface area contributed by atoms with Crippen LogP contribution in [0.2, 0.25) is 0 Å². The largest absolute Gasteiger partial charge is 0.474 e. The summed E-state index contributed by atoms with van der Waals surface area (Å²) < 4.78 is 23.5. The fraction of sp³-hybridized carbons (Fsp3) is 0.500. The summed E-state index contributed by atoms with van der Waals surface area (Å²) in [6, 6.07) is 3.09. The average Bonchev–Trinajstić information content (AvgIpc) is 2.77. The molecule has 2 N–H and O–H groups in total. The van der Waals surface area contributed by atoms with Crippen molar-refractivity contribution in [3.63, 3.8) is 0 Å². The number of rotatable bonds is 5. The molecule has 0 spiro atoms. The van der Waals surface area contributed by atoms with E-state index in [1.807, 2.05) is 6.92 Å². The monoisotopic (exact) mass is 253 g/mol. The van der Waals surface area contributed by atoms with Crippen LogP contribution in [0.25, 0.3) is 0 Å². The Morgan fingerprint density at radius 2 is 2.44 bits per heavy atom. The van der Waals surface area contributed by atoms with Gasteiger partial charge in [0.15, 0.2) is 0 Å². The summed E-state index contributed by atoms with van der Waals surface area (Å²) in [4.78, 5) is 8.01.